The minimum atomic E-state index is 0. The van der Waals surface area contributed by atoms with E-state index in [2.05, 4.69) is 26.0 Å². The van der Waals surface area contributed by atoms with E-state index in [4.69, 9.17) is 0 Å². The van der Waals surface area contributed by atoms with Crippen molar-refractivity contribution < 1.29 is 10.2 Å². The van der Waals surface area contributed by atoms with Gasteiger partial charge in [0.2, 0.25) is 0 Å². The molecule has 220 valence electrons. The zero-order valence-corrected chi connectivity index (χ0v) is 31.2. The summed E-state index contributed by atoms with van der Waals surface area (Å²) < 4.78 is 0. The predicted octanol–water partition coefficient (Wildman–Crippen LogP) is 10.5. The quantitative estimate of drug-likeness (QED) is 0.0814. The summed E-state index contributed by atoms with van der Waals surface area (Å²) in [5, 5.41) is 25.5. The average molecular weight is 690 g/mol. The first-order chi connectivity index (χ1) is 19.2. The third kappa shape index (κ3) is 16.6. The van der Waals surface area contributed by atoms with Crippen molar-refractivity contribution in [2.24, 2.45) is 0 Å². The number of hydrogen-bond acceptors (Lipinski definition) is 3. The topological polar surface area (TPSA) is 46.1 Å². The summed E-state index contributed by atoms with van der Waals surface area (Å²) in [6.45, 7) is 4.53. The van der Waals surface area contributed by atoms with Gasteiger partial charge in [0, 0.05) is 9.79 Å². The minimum Gasteiger partial charge on any atom is -0.872 e. The Morgan fingerprint density at radius 1 is 0.450 bits per heavy atom. The molecule has 0 aliphatic carbocycles. The fourth-order valence-electron chi connectivity index (χ4n) is 5.47. The van der Waals surface area contributed by atoms with Gasteiger partial charge in [-0.15, -0.1) is 11.5 Å². The van der Waals surface area contributed by atoms with Crippen LogP contribution in [0.2, 0.25) is 0 Å². The standard InChI is InChI=1S/C36H58O2S.Ba/c1-3-5-7-9-11-13-15-17-19-21-25-31-33(37)27-23-29-35(31)39-36-30-24-28-34(38)32(36)26-22-20-18-16-14-12-10-8-6-4-2;/h23-24,27-30,37-38H,3-22,25-26H2,1-2H3;/q;+2/p-2. The van der Waals surface area contributed by atoms with Crippen molar-refractivity contribution >= 4 is 60.6 Å². The second-order valence-corrected chi connectivity index (χ2v) is 12.5. The van der Waals surface area contributed by atoms with Crippen molar-refractivity contribution in [3.63, 3.8) is 0 Å². The smallest absolute Gasteiger partial charge is 0.872 e. The van der Waals surface area contributed by atoms with Crippen molar-refractivity contribution in [2.45, 2.75) is 165 Å². The van der Waals surface area contributed by atoms with Crippen LogP contribution in [0, 0.1) is 0 Å². The van der Waals surface area contributed by atoms with E-state index >= 15 is 0 Å². The van der Waals surface area contributed by atoms with Crippen molar-refractivity contribution in [3.8, 4) is 11.5 Å². The van der Waals surface area contributed by atoms with Gasteiger partial charge in [-0.2, -0.15) is 0 Å². The number of hydrogen-bond donors (Lipinski definition) is 0. The van der Waals surface area contributed by atoms with Gasteiger partial charge < -0.3 is 10.2 Å². The maximum absolute atomic E-state index is 12.8. The van der Waals surface area contributed by atoms with Crippen LogP contribution in [0.25, 0.3) is 0 Å². The molecule has 2 aromatic rings. The summed E-state index contributed by atoms with van der Waals surface area (Å²) in [5.41, 5.74) is 1.87. The molecule has 0 spiro atoms. The predicted molar refractivity (Wildman–Crippen MR) is 173 cm³/mol. The molecule has 0 radical (unpaired) electrons. The van der Waals surface area contributed by atoms with E-state index in [0.717, 1.165) is 46.6 Å². The molecule has 0 amide bonds. The maximum Gasteiger partial charge on any atom is 2.00 e. The SMILES string of the molecule is CCCCCCCCCCCCc1c([O-])cccc1Sc1cccc([O-])c1CCCCCCCCCCCC.[Ba+2]. The Morgan fingerprint density at radius 2 is 0.750 bits per heavy atom. The molecular formula is C36H56BaO2S. The number of unbranched alkanes of at least 4 members (excludes halogenated alkanes) is 18. The number of rotatable bonds is 24. The average Bonchev–Trinajstić information content (AvgIpc) is 2.93. The van der Waals surface area contributed by atoms with E-state index in [-0.39, 0.29) is 60.4 Å². The monoisotopic (exact) mass is 690 g/mol. The van der Waals surface area contributed by atoms with E-state index in [1.54, 1.807) is 23.9 Å². The van der Waals surface area contributed by atoms with Crippen LogP contribution in [-0.4, -0.2) is 48.9 Å². The van der Waals surface area contributed by atoms with Gasteiger partial charge in [0.05, 0.1) is 0 Å². The molecule has 2 rings (SSSR count). The summed E-state index contributed by atoms with van der Waals surface area (Å²) in [7, 11) is 0. The molecule has 0 saturated heterocycles. The molecule has 0 N–H and O–H groups in total. The molecule has 4 heteroatoms. The first-order valence-corrected chi connectivity index (χ1v) is 17.2. The zero-order chi connectivity index (χ0) is 28.0. The van der Waals surface area contributed by atoms with Crippen LogP contribution in [0.3, 0.4) is 0 Å². The van der Waals surface area contributed by atoms with Crippen molar-refractivity contribution in [3.05, 3.63) is 47.5 Å². The Kier molecular flexibility index (Phi) is 24.2. The van der Waals surface area contributed by atoms with Crippen LogP contribution >= 0.6 is 11.8 Å². The normalized spacial score (nSPS) is 11.1. The van der Waals surface area contributed by atoms with Gasteiger partial charge in [-0.05, 0) is 48.9 Å². The molecule has 0 aliphatic rings. The molecule has 0 bridgehead atoms. The van der Waals surface area contributed by atoms with Crippen LogP contribution in [-0.2, 0) is 12.8 Å². The summed E-state index contributed by atoms with van der Waals surface area (Å²) in [6, 6.07) is 11.3. The van der Waals surface area contributed by atoms with Crippen LogP contribution in [0.4, 0.5) is 0 Å². The van der Waals surface area contributed by atoms with E-state index in [0.29, 0.717) is 0 Å². The van der Waals surface area contributed by atoms with E-state index in [1.807, 2.05) is 12.1 Å². The van der Waals surface area contributed by atoms with Gasteiger partial charge in [-0.3, -0.25) is 0 Å². The second kappa shape index (κ2) is 25.5. The number of benzene rings is 2. The van der Waals surface area contributed by atoms with Gasteiger partial charge in [0.1, 0.15) is 0 Å². The van der Waals surface area contributed by atoms with E-state index < -0.39 is 0 Å². The molecular weight excluding hydrogens is 634 g/mol. The van der Waals surface area contributed by atoms with E-state index in [9.17, 15) is 10.2 Å². The third-order valence-corrected chi connectivity index (χ3v) is 9.17. The molecule has 0 fully saturated rings. The summed E-state index contributed by atoms with van der Waals surface area (Å²) in [4.78, 5) is 2.07. The van der Waals surface area contributed by atoms with Gasteiger partial charge in [-0.1, -0.05) is 165 Å². The molecule has 2 nitrogen and oxygen atoms in total. The molecule has 2 aromatic carbocycles. The molecule has 40 heavy (non-hydrogen) atoms. The van der Waals surface area contributed by atoms with Crippen molar-refractivity contribution in [2.75, 3.05) is 0 Å². The largest absolute Gasteiger partial charge is 2.00 e. The molecule has 0 atom stereocenters. The second-order valence-electron chi connectivity index (χ2n) is 11.4. The Morgan fingerprint density at radius 3 is 1.07 bits per heavy atom. The van der Waals surface area contributed by atoms with Crippen LogP contribution in [0.5, 0.6) is 11.5 Å². The van der Waals surface area contributed by atoms with Crippen LogP contribution < -0.4 is 10.2 Å². The fraction of sp³-hybridized carbons (Fsp3) is 0.667. The molecule has 0 heterocycles. The molecule has 0 aromatic heterocycles. The summed E-state index contributed by atoms with van der Waals surface area (Å²) in [6.07, 6.45) is 27.6. The van der Waals surface area contributed by atoms with Crippen LogP contribution in [0.15, 0.2) is 46.2 Å². The fourth-order valence-corrected chi connectivity index (χ4v) is 6.65. The minimum absolute atomic E-state index is 0. The Bertz CT molecular complexity index is 814. The van der Waals surface area contributed by atoms with E-state index in [1.165, 1.54) is 116 Å². The van der Waals surface area contributed by atoms with Gasteiger partial charge in [-0.25, -0.2) is 0 Å². The first kappa shape index (κ1) is 38.0. The zero-order valence-electron chi connectivity index (χ0n) is 26.0. The van der Waals surface area contributed by atoms with Gasteiger partial charge in [0.25, 0.3) is 0 Å². The van der Waals surface area contributed by atoms with Gasteiger partial charge in [0.15, 0.2) is 0 Å². The Balaban J connectivity index is 0.00000800. The van der Waals surface area contributed by atoms with Gasteiger partial charge >= 0.3 is 48.9 Å². The summed E-state index contributed by atoms with van der Waals surface area (Å²) in [5.74, 6) is 0.288. The molecule has 0 saturated carbocycles. The molecule has 0 aliphatic heterocycles. The Labute approximate surface area is 292 Å². The van der Waals surface area contributed by atoms with Crippen LogP contribution in [0.1, 0.15) is 153 Å². The molecule has 0 unspecified atom stereocenters. The third-order valence-electron chi connectivity index (χ3n) is 7.96. The maximum atomic E-state index is 12.8. The summed E-state index contributed by atoms with van der Waals surface area (Å²) >= 11 is 1.63. The first-order valence-electron chi connectivity index (χ1n) is 16.4. The van der Waals surface area contributed by atoms with Crippen molar-refractivity contribution in [1.29, 1.82) is 0 Å². The van der Waals surface area contributed by atoms with Crippen molar-refractivity contribution in [1.82, 2.24) is 0 Å². The Hall–Kier alpha value is -0.0386.